The molecule has 4 aliphatic rings. The third-order valence-electron chi connectivity index (χ3n) is 8.49. The van der Waals surface area contributed by atoms with Gasteiger partial charge in [0.15, 0.2) is 0 Å². The quantitative estimate of drug-likeness (QED) is 0.581. The molecule has 6 rings (SSSR count). The minimum Gasteiger partial charge on any atom is -0.395 e. The SMILES string of the molecule is CC[C@]12C=CCN(c3ccccc3)C(=O)[C@H]1[C@H]1C(=O)N(CCO)C3C(=O)N(c4ccccc4Cl)CC=C[C@@]31O2. The van der Waals surface area contributed by atoms with E-state index in [4.69, 9.17) is 16.3 Å². The Bertz CT molecular complexity index is 1380. The lowest BCUT2D eigenvalue weighted by atomic mass is 9.73. The number of likely N-dealkylation sites (tertiary alicyclic amines) is 1. The Morgan fingerprint density at radius 3 is 2.31 bits per heavy atom. The van der Waals surface area contributed by atoms with Crippen molar-refractivity contribution in [3.05, 3.63) is 83.9 Å². The predicted molar refractivity (Wildman–Crippen MR) is 147 cm³/mol. The highest BCUT2D eigenvalue weighted by molar-refractivity contribution is 6.34. The molecule has 1 unspecified atom stereocenters. The Kier molecular flexibility index (Phi) is 6.37. The second kappa shape index (κ2) is 9.62. The van der Waals surface area contributed by atoms with Crippen molar-refractivity contribution in [2.24, 2.45) is 11.8 Å². The molecule has 4 aliphatic heterocycles. The third kappa shape index (κ3) is 3.69. The van der Waals surface area contributed by atoms with E-state index in [-0.39, 0.29) is 37.4 Å². The molecule has 0 bridgehead atoms. The number of anilines is 2. The van der Waals surface area contributed by atoms with E-state index < -0.39 is 29.1 Å². The number of carbonyl (C=O) groups is 3. The number of para-hydroxylation sites is 2. The maximum Gasteiger partial charge on any atom is 0.253 e. The highest BCUT2D eigenvalue weighted by Gasteiger charge is 2.75. The lowest BCUT2D eigenvalue weighted by Gasteiger charge is -2.38. The van der Waals surface area contributed by atoms with E-state index in [0.29, 0.717) is 23.7 Å². The van der Waals surface area contributed by atoms with E-state index in [1.54, 1.807) is 40.1 Å². The number of benzene rings is 2. The summed E-state index contributed by atoms with van der Waals surface area (Å²) in [5.74, 6) is -2.76. The summed E-state index contributed by atoms with van der Waals surface area (Å²) in [5, 5.41) is 10.3. The third-order valence-corrected chi connectivity index (χ3v) is 8.81. The van der Waals surface area contributed by atoms with E-state index in [1.807, 2.05) is 55.5 Å². The average molecular weight is 548 g/mol. The van der Waals surface area contributed by atoms with Gasteiger partial charge >= 0.3 is 0 Å². The number of halogens is 1. The van der Waals surface area contributed by atoms with Gasteiger partial charge in [0, 0.05) is 25.3 Å². The van der Waals surface area contributed by atoms with Gasteiger partial charge in [0.2, 0.25) is 11.8 Å². The molecule has 0 aliphatic carbocycles. The second-order valence-corrected chi connectivity index (χ2v) is 10.8. The summed E-state index contributed by atoms with van der Waals surface area (Å²) < 4.78 is 6.92. The van der Waals surface area contributed by atoms with Crippen LogP contribution >= 0.6 is 11.6 Å². The molecule has 5 atom stereocenters. The Hall–Kier alpha value is -3.46. The number of carbonyl (C=O) groups excluding carboxylic acids is 3. The first-order chi connectivity index (χ1) is 18.9. The number of aliphatic hydroxyl groups is 1. The first-order valence-electron chi connectivity index (χ1n) is 13.3. The number of hydrogen-bond acceptors (Lipinski definition) is 5. The van der Waals surface area contributed by atoms with Crippen LogP contribution in [0.5, 0.6) is 0 Å². The smallest absolute Gasteiger partial charge is 0.253 e. The van der Waals surface area contributed by atoms with Crippen LogP contribution in [0.2, 0.25) is 5.02 Å². The molecular formula is C30H30ClN3O5. The largest absolute Gasteiger partial charge is 0.395 e. The standard InChI is InChI=1S/C30H30ClN3O5/c1-2-29-14-8-16-32(20-10-4-3-5-11-20)26(36)23(29)24-27(37)34(18-19-35)25-28(38)33(17-9-15-30(24,25)39-29)22-13-7-6-12-21(22)31/h3-15,23-25,35H,2,16-19H2,1H3/t23-,24+,25?,29+,30+/m1/s1. The molecule has 2 aromatic rings. The number of rotatable bonds is 5. The summed E-state index contributed by atoms with van der Waals surface area (Å²) in [5.41, 5.74) is -1.21. The van der Waals surface area contributed by atoms with Crippen molar-refractivity contribution in [1.29, 1.82) is 0 Å². The summed E-state index contributed by atoms with van der Waals surface area (Å²) in [6.45, 7) is 2.11. The zero-order valence-corrected chi connectivity index (χ0v) is 22.3. The summed E-state index contributed by atoms with van der Waals surface area (Å²) in [4.78, 5) is 47.5. The van der Waals surface area contributed by atoms with Crippen LogP contribution in [0.3, 0.4) is 0 Å². The van der Waals surface area contributed by atoms with Crippen molar-refractivity contribution in [1.82, 2.24) is 4.90 Å². The van der Waals surface area contributed by atoms with Crippen LogP contribution in [0.25, 0.3) is 0 Å². The molecular weight excluding hydrogens is 518 g/mol. The minimum absolute atomic E-state index is 0.0562. The van der Waals surface area contributed by atoms with Crippen molar-refractivity contribution in [2.45, 2.75) is 30.6 Å². The van der Waals surface area contributed by atoms with Gasteiger partial charge in [-0.05, 0) is 30.7 Å². The molecule has 9 heteroatoms. The van der Waals surface area contributed by atoms with E-state index in [9.17, 15) is 19.5 Å². The van der Waals surface area contributed by atoms with Gasteiger partial charge in [-0.2, -0.15) is 0 Å². The maximum absolute atomic E-state index is 14.4. The lowest BCUT2D eigenvalue weighted by molar-refractivity contribution is -0.146. The monoisotopic (exact) mass is 547 g/mol. The normalized spacial score (nSPS) is 31.7. The van der Waals surface area contributed by atoms with Crippen molar-refractivity contribution >= 4 is 40.7 Å². The van der Waals surface area contributed by atoms with Crippen LogP contribution in [0.4, 0.5) is 11.4 Å². The number of fused-ring (bicyclic) bond motifs is 2. The fourth-order valence-corrected chi connectivity index (χ4v) is 7.07. The summed E-state index contributed by atoms with van der Waals surface area (Å²) in [6, 6.07) is 15.3. The minimum atomic E-state index is -1.39. The molecule has 0 radical (unpaired) electrons. The van der Waals surface area contributed by atoms with Gasteiger partial charge in [0.1, 0.15) is 11.6 Å². The fraction of sp³-hybridized carbons (Fsp3) is 0.367. The number of aliphatic hydroxyl groups excluding tert-OH is 1. The van der Waals surface area contributed by atoms with Gasteiger partial charge in [0.05, 0.1) is 34.8 Å². The van der Waals surface area contributed by atoms with Crippen molar-refractivity contribution in [3.63, 3.8) is 0 Å². The van der Waals surface area contributed by atoms with Gasteiger partial charge in [-0.15, -0.1) is 0 Å². The van der Waals surface area contributed by atoms with Crippen LogP contribution in [0.15, 0.2) is 78.9 Å². The van der Waals surface area contributed by atoms with Crippen molar-refractivity contribution < 1.29 is 24.2 Å². The molecule has 4 heterocycles. The van der Waals surface area contributed by atoms with E-state index >= 15 is 0 Å². The Morgan fingerprint density at radius 1 is 0.897 bits per heavy atom. The number of hydrogen-bond donors (Lipinski definition) is 1. The average Bonchev–Trinajstić information content (AvgIpc) is 3.22. The van der Waals surface area contributed by atoms with Crippen molar-refractivity contribution in [2.75, 3.05) is 36.0 Å². The maximum atomic E-state index is 14.4. The molecule has 202 valence electrons. The zero-order valence-electron chi connectivity index (χ0n) is 21.6. The molecule has 39 heavy (non-hydrogen) atoms. The lowest BCUT2D eigenvalue weighted by Crippen LogP contribution is -2.56. The molecule has 2 aromatic carbocycles. The predicted octanol–water partition coefficient (Wildman–Crippen LogP) is 3.20. The van der Waals surface area contributed by atoms with Gasteiger partial charge in [-0.3, -0.25) is 14.4 Å². The molecule has 0 saturated carbocycles. The molecule has 2 fully saturated rings. The Morgan fingerprint density at radius 2 is 1.59 bits per heavy atom. The van der Waals surface area contributed by atoms with Gasteiger partial charge < -0.3 is 24.5 Å². The van der Waals surface area contributed by atoms with Gasteiger partial charge in [0.25, 0.3) is 5.91 Å². The van der Waals surface area contributed by atoms with Gasteiger partial charge in [-0.1, -0.05) is 73.2 Å². The molecule has 8 nitrogen and oxygen atoms in total. The first kappa shape index (κ1) is 25.8. The van der Waals surface area contributed by atoms with E-state index in [2.05, 4.69) is 0 Å². The van der Waals surface area contributed by atoms with Crippen LogP contribution in [0.1, 0.15) is 13.3 Å². The van der Waals surface area contributed by atoms with E-state index in [1.165, 1.54) is 4.90 Å². The molecule has 0 aromatic heterocycles. The molecule has 1 spiro atoms. The molecule has 1 N–H and O–H groups in total. The van der Waals surface area contributed by atoms with Crippen LogP contribution in [-0.2, 0) is 19.1 Å². The molecule has 2 saturated heterocycles. The first-order valence-corrected chi connectivity index (χ1v) is 13.7. The summed E-state index contributed by atoms with van der Waals surface area (Å²) >= 11 is 6.48. The Labute approximate surface area is 232 Å². The highest BCUT2D eigenvalue weighted by atomic mass is 35.5. The number of nitrogens with zero attached hydrogens (tertiary/aromatic N) is 3. The number of amides is 3. The number of β-amino-alcohol motifs (C(OH)–C–C–N with tert-alkyl or cyclic N) is 1. The zero-order chi connectivity index (χ0) is 27.4. The summed E-state index contributed by atoms with van der Waals surface area (Å²) in [6.07, 6.45) is 7.88. The van der Waals surface area contributed by atoms with Gasteiger partial charge in [-0.25, -0.2) is 0 Å². The van der Waals surface area contributed by atoms with Crippen LogP contribution < -0.4 is 9.80 Å². The second-order valence-electron chi connectivity index (χ2n) is 10.4. The fourth-order valence-electron chi connectivity index (χ4n) is 6.83. The van der Waals surface area contributed by atoms with Crippen LogP contribution in [-0.4, -0.2) is 71.2 Å². The highest BCUT2D eigenvalue weighted by Crippen LogP contribution is 2.58. The van der Waals surface area contributed by atoms with Crippen molar-refractivity contribution in [3.8, 4) is 0 Å². The Balaban J connectivity index is 1.50. The van der Waals surface area contributed by atoms with E-state index in [0.717, 1.165) is 5.69 Å². The summed E-state index contributed by atoms with van der Waals surface area (Å²) in [7, 11) is 0. The topological polar surface area (TPSA) is 90.4 Å². The molecule has 3 amide bonds. The number of ether oxygens (including phenoxy) is 1. The van der Waals surface area contributed by atoms with Crippen LogP contribution in [0, 0.1) is 11.8 Å².